The molecule has 0 amide bonds. The minimum atomic E-state index is -0.208. The van der Waals surface area contributed by atoms with E-state index >= 15 is 0 Å². The first-order valence-electron chi connectivity index (χ1n) is 5.71. The first kappa shape index (κ1) is 11.9. The first-order chi connectivity index (χ1) is 8.22. The summed E-state index contributed by atoms with van der Waals surface area (Å²) in [4.78, 5) is 13.7. The fourth-order valence-electron chi connectivity index (χ4n) is 2.04. The Labute approximate surface area is 101 Å². The Balaban J connectivity index is 2.16. The fraction of sp³-hybridized carbons (Fsp3) is 0.462. The maximum Gasteiger partial charge on any atom is 0.323 e. The van der Waals surface area contributed by atoms with Crippen LogP contribution in [0.1, 0.15) is 5.56 Å². The molecular formula is C13H17NO3. The highest BCUT2D eigenvalue weighted by Crippen LogP contribution is 2.21. The molecule has 2 rings (SSSR count). The third-order valence-corrected chi connectivity index (χ3v) is 3.10. The minimum absolute atomic E-state index is 0.148. The first-order valence-corrected chi connectivity index (χ1v) is 5.71. The van der Waals surface area contributed by atoms with Crippen molar-refractivity contribution in [1.29, 1.82) is 0 Å². The number of esters is 1. The second-order valence-corrected chi connectivity index (χ2v) is 4.18. The van der Waals surface area contributed by atoms with Gasteiger partial charge in [-0.25, -0.2) is 0 Å². The van der Waals surface area contributed by atoms with Crippen molar-refractivity contribution in [3.05, 3.63) is 29.8 Å². The van der Waals surface area contributed by atoms with Gasteiger partial charge in [-0.2, -0.15) is 0 Å². The summed E-state index contributed by atoms with van der Waals surface area (Å²) in [7, 11) is 3.59. The van der Waals surface area contributed by atoms with Gasteiger partial charge in [-0.3, -0.25) is 9.69 Å². The molecular weight excluding hydrogens is 218 g/mol. The van der Waals surface area contributed by atoms with Gasteiger partial charge in [-0.05, 0) is 18.7 Å². The Kier molecular flexibility index (Phi) is 3.64. The van der Waals surface area contributed by atoms with Crippen molar-refractivity contribution in [2.24, 2.45) is 0 Å². The number of hydrogen-bond donors (Lipinski definition) is 0. The van der Waals surface area contributed by atoms with E-state index in [9.17, 15) is 4.79 Å². The van der Waals surface area contributed by atoms with Crippen LogP contribution < -0.4 is 4.74 Å². The van der Waals surface area contributed by atoms with Crippen molar-refractivity contribution in [3.8, 4) is 5.75 Å². The summed E-state index contributed by atoms with van der Waals surface area (Å²) in [6.07, 6.45) is 0.624. The maximum absolute atomic E-state index is 11.7. The van der Waals surface area contributed by atoms with Crippen LogP contribution in [-0.4, -0.2) is 44.2 Å². The summed E-state index contributed by atoms with van der Waals surface area (Å²) in [6.45, 7) is 1.27. The Morgan fingerprint density at radius 1 is 1.47 bits per heavy atom. The van der Waals surface area contributed by atoms with E-state index in [0.717, 1.165) is 17.9 Å². The maximum atomic E-state index is 11.7. The summed E-state index contributed by atoms with van der Waals surface area (Å²) < 4.78 is 10.4. The van der Waals surface area contributed by atoms with Crippen LogP contribution >= 0.6 is 0 Å². The van der Waals surface area contributed by atoms with Crippen molar-refractivity contribution in [2.75, 3.05) is 27.3 Å². The number of para-hydroxylation sites is 1. The normalized spacial score (nSPS) is 21.1. The monoisotopic (exact) mass is 235 g/mol. The molecule has 0 aromatic heterocycles. The van der Waals surface area contributed by atoms with Crippen molar-refractivity contribution < 1.29 is 14.3 Å². The molecule has 1 aromatic carbocycles. The molecule has 0 aliphatic carbocycles. The molecule has 1 aromatic rings. The van der Waals surface area contributed by atoms with Gasteiger partial charge in [0.1, 0.15) is 18.4 Å². The Morgan fingerprint density at radius 2 is 2.24 bits per heavy atom. The van der Waals surface area contributed by atoms with Gasteiger partial charge in [-0.15, -0.1) is 0 Å². The number of cyclic esters (lactones) is 1. The van der Waals surface area contributed by atoms with E-state index in [0.29, 0.717) is 13.0 Å². The fourth-order valence-corrected chi connectivity index (χ4v) is 2.04. The highest BCUT2D eigenvalue weighted by Gasteiger charge is 2.29. The van der Waals surface area contributed by atoms with E-state index in [1.54, 1.807) is 7.11 Å². The van der Waals surface area contributed by atoms with Crippen molar-refractivity contribution in [1.82, 2.24) is 4.90 Å². The number of carbonyl (C=O) groups is 1. The molecule has 1 aliphatic heterocycles. The lowest BCUT2D eigenvalue weighted by Gasteiger charge is -2.31. The van der Waals surface area contributed by atoms with E-state index in [1.165, 1.54) is 0 Å². The lowest BCUT2D eigenvalue weighted by atomic mass is 10.0. The van der Waals surface area contributed by atoms with Gasteiger partial charge in [0.05, 0.1) is 7.11 Å². The van der Waals surface area contributed by atoms with Crippen molar-refractivity contribution in [3.63, 3.8) is 0 Å². The van der Waals surface area contributed by atoms with Crippen LogP contribution in [-0.2, 0) is 16.0 Å². The number of morpholine rings is 1. The lowest BCUT2D eigenvalue weighted by Crippen LogP contribution is -2.47. The van der Waals surface area contributed by atoms with E-state index in [-0.39, 0.29) is 12.0 Å². The molecule has 0 spiro atoms. The average Bonchev–Trinajstić information content (AvgIpc) is 2.34. The number of benzene rings is 1. The SMILES string of the molecule is COc1ccccc1C[C@H]1C(=O)OCCN1C. The molecule has 0 saturated carbocycles. The molecule has 0 unspecified atom stereocenters. The molecule has 17 heavy (non-hydrogen) atoms. The number of likely N-dealkylation sites (N-methyl/N-ethyl adjacent to an activating group) is 1. The summed E-state index contributed by atoms with van der Waals surface area (Å²) in [6, 6.07) is 7.55. The number of ether oxygens (including phenoxy) is 2. The molecule has 4 heteroatoms. The van der Waals surface area contributed by atoms with Crippen molar-refractivity contribution >= 4 is 5.97 Å². The van der Waals surface area contributed by atoms with Crippen LogP contribution in [0, 0.1) is 0 Å². The number of hydrogen-bond acceptors (Lipinski definition) is 4. The summed E-state index contributed by atoms with van der Waals surface area (Å²) in [5.74, 6) is 0.670. The molecule has 92 valence electrons. The summed E-state index contributed by atoms with van der Waals surface area (Å²) in [5.41, 5.74) is 1.03. The second kappa shape index (κ2) is 5.19. The van der Waals surface area contributed by atoms with E-state index in [2.05, 4.69) is 0 Å². The Hall–Kier alpha value is -1.55. The zero-order chi connectivity index (χ0) is 12.3. The Morgan fingerprint density at radius 3 is 2.94 bits per heavy atom. The van der Waals surface area contributed by atoms with E-state index < -0.39 is 0 Å². The molecule has 1 atom stereocenters. The van der Waals surface area contributed by atoms with Crippen LogP contribution in [0.2, 0.25) is 0 Å². The van der Waals surface area contributed by atoms with Crippen LogP contribution in [0.3, 0.4) is 0 Å². The van der Waals surface area contributed by atoms with Crippen LogP contribution in [0.5, 0.6) is 5.75 Å². The van der Waals surface area contributed by atoms with E-state index in [4.69, 9.17) is 9.47 Å². The number of nitrogens with zero attached hydrogens (tertiary/aromatic N) is 1. The predicted octanol–water partition coefficient (Wildman–Crippen LogP) is 1.09. The molecule has 1 saturated heterocycles. The molecule has 0 N–H and O–H groups in total. The Bertz CT molecular complexity index is 405. The zero-order valence-corrected chi connectivity index (χ0v) is 10.2. The zero-order valence-electron chi connectivity index (χ0n) is 10.2. The van der Waals surface area contributed by atoms with Gasteiger partial charge in [0, 0.05) is 13.0 Å². The smallest absolute Gasteiger partial charge is 0.323 e. The molecule has 1 heterocycles. The van der Waals surface area contributed by atoms with Gasteiger partial charge >= 0.3 is 5.97 Å². The summed E-state index contributed by atoms with van der Waals surface area (Å²) >= 11 is 0. The molecule has 4 nitrogen and oxygen atoms in total. The van der Waals surface area contributed by atoms with Gasteiger partial charge in [0.25, 0.3) is 0 Å². The number of methoxy groups -OCH3 is 1. The minimum Gasteiger partial charge on any atom is -0.496 e. The lowest BCUT2D eigenvalue weighted by molar-refractivity contribution is -0.156. The third kappa shape index (κ3) is 2.58. The second-order valence-electron chi connectivity index (χ2n) is 4.18. The highest BCUT2D eigenvalue weighted by atomic mass is 16.5. The van der Waals surface area contributed by atoms with Crippen LogP contribution in [0.4, 0.5) is 0 Å². The molecule has 1 aliphatic rings. The van der Waals surface area contributed by atoms with Gasteiger partial charge < -0.3 is 9.47 Å². The molecule has 0 radical (unpaired) electrons. The largest absolute Gasteiger partial charge is 0.496 e. The van der Waals surface area contributed by atoms with Crippen LogP contribution in [0.15, 0.2) is 24.3 Å². The standard InChI is InChI=1S/C13H17NO3/c1-14-7-8-17-13(15)11(14)9-10-5-3-4-6-12(10)16-2/h3-6,11H,7-9H2,1-2H3/t11-/m0/s1. The van der Waals surface area contributed by atoms with E-state index in [1.807, 2.05) is 36.2 Å². The summed E-state index contributed by atoms with van der Waals surface area (Å²) in [5, 5.41) is 0. The van der Waals surface area contributed by atoms with Gasteiger partial charge in [-0.1, -0.05) is 18.2 Å². The third-order valence-electron chi connectivity index (χ3n) is 3.10. The van der Waals surface area contributed by atoms with Crippen LogP contribution in [0.25, 0.3) is 0 Å². The highest BCUT2D eigenvalue weighted by molar-refractivity contribution is 5.77. The average molecular weight is 235 g/mol. The quantitative estimate of drug-likeness (QED) is 0.735. The molecule has 1 fully saturated rings. The van der Waals surface area contributed by atoms with Gasteiger partial charge in [0.2, 0.25) is 0 Å². The van der Waals surface area contributed by atoms with Gasteiger partial charge in [0.15, 0.2) is 0 Å². The number of carbonyl (C=O) groups excluding carboxylic acids is 1. The van der Waals surface area contributed by atoms with Crippen molar-refractivity contribution in [2.45, 2.75) is 12.5 Å². The predicted molar refractivity (Wildman–Crippen MR) is 64.1 cm³/mol. The number of rotatable bonds is 3. The molecule has 0 bridgehead atoms. The topological polar surface area (TPSA) is 38.8 Å².